The van der Waals surface area contributed by atoms with Crippen molar-refractivity contribution in [2.45, 2.75) is 12.8 Å². The number of carbonyl (C=O) groups is 1. The molecule has 17 heavy (non-hydrogen) atoms. The van der Waals surface area contributed by atoms with E-state index in [1.54, 1.807) is 18.2 Å². The van der Waals surface area contributed by atoms with E-state index in [2.05, 4.69) is 5.32 Å². The normalized spacial score (nSPS) is 10.6. The largest absolute Gasteiger partial charge is 0.356 e. The highest BCUT2D eigenvalue weighted by Gasteiger charge is 2.03. The lowest BCUT2D eigenvalue weighted by molar-refractivity contribution is -0.121. The molecule has 0 spiro atoms. The van der Waals surface area contributed by atoms with Gasteiger partial charge in [0.2, 0.25) is 5.91 Å². The minimum atomic E-state index is -0.213. The third-order valence-corrected chi connectivity index (χ3v) is 2.46. The van der Waals surface area contributed by atoms with E-state index in [0.29, 0.717) is 24.9 Å². The Kier molecular flexibility index (Phi) is 5.63. The SMILES string of the molecule is CN(C)CCC(=O)NCCc1ccccc1F. The highest BCUT2D eigenvalue weighted by molar-refractivity contribution is 5.76. The summed E-state index contributed by atoms with van der Waals surface area (Å²) in [6, 6.07) is 6.63. The van der Waals surface area contributed by atoms with E-state index in [4.69, 9.17) is 0 Å². The highest BCUT2D eigenvalue weighted by Crippen LogP contribution is 2.06. The summed E-state index contributed by atoms with van der Waals surface area (Å²) in [5, 5.41) is 2.78. The first-order valence-corrected chi connectivity index (χ1v) is 5.74. The van der Waals surface area contributed by atoms with Crippen LogP contribution in [-0.2, 0) is 11.2 Å². The maximum Gasteiger partial charge on any atom is 0.221 e. The average Bonchev–Trinajstić information content (AvgIpc) is 2.29. The Morgan fingerprint density at radius 3 is 2.71 bits per heavy atom. The minimum Gasteiger partial charge on any atom is -0.356 e. The second-order valence-corrected chi connectivity index (χ2v) is 4.24. The van der Waals surface area contributed by atoms with Gasteiger partial charge >= 0.3 is 0 Å². The molecule has 0 radical (unpaired) electrons. The number of hydrogen-bond donors (Lipinski definition) is 1. The molecule has 1 rings (SSSR count). The molecule has 0 bridgehead atoms. The molecule has 0 unspecified atom stereocenters. The molecule has 0 fully saturated rings. The van der Waals surface area contributed by atoms with Crippen molar-refractivity contribution in [3.8, 4) is 0 Å². The smallest absolute Gasteiger partial charge is 0.221 e. The van der Waals surface area contributed by atoms with Gasteiger partial charge < -0.3 is 10.2 Å². The number of nitrogens with one attached hydrogen (secondary N) is 1. The fourth-order valence-corrected chi connectivity index (χ4v) is 1.45. The number of carbonyl (C=O) groups excluding carboxylic acids is 1. The zero-order valence-electron chi connectivity index (χ0n) is 10.4. The van der Waals surface area contributed by atoms with Crippen molar-refractivity contribution in [3.05, 3.63) is 35.6 Å². The monoisotopic (exact) mass is 238 g/mol. The summed E-state index contributed by atoms with van der Waals surface area (Å²) in [6.45, 7) is 1.21. The van der Waals surface area contributed by atoms with Crippen LogP contribution in [0.3, 0.4) is 0 Å². The van der Waals surface area contributed by atoms with E-state index in [1.165, 1.54) is 6.07 Å². The summed E-state index contributed by atoms with van der Waals surface area (Å²) in [4.78, 5) is 13.3. The Balaban J connectivity index is 2.24. The van der Waals surface area contributed by atoms with Crippen LogP contribution in [0.25, 0.3) is 0 Å². The van der Waals surface area contributed by atoms with Crippen LogP contribution in [0.4, 0.5) is 4.39 Å². The van der Waals surface area contributed by atoms with Gasteiger partial charge in [0.25, 0.3) is 0 Å². The maximum absolute atomic E-state index is 13.2. The van der Waals surface area contributed by atoms with E-state index in [1.807, 2.05) is 19.0 Å². The fraction of sp³-hybridized carbons (Fsp3) is 0.462. The molecule has 0 atom stereocenters. The quantitative estimate of drug-likeness (QED) is 0.813. The van der Waals surface area contributed by atoms with Crippen LogP contribution in [0.2, 0.25) is 0 Å². The number of rotatable bonds is 6. The molecule has 0 aliphatic rings. The molecule has 0 aliphatic heterocycles. The summed E-state index contributed by atoms with van der Waals surface area (Å²) in [5.74, 6) is -0.204. The molecule has 1 N–H and O–H groups in total. The first kappa shape index (κ1) is 13.6. The number of halogens is 1. The number of benzene rings is 1. The van der Waals surface area contributed by atoms with Gasteiger partial charge in [0, 0.05) is 19.5 Å². The molecule has 1 aromatic carbocycles. The average molecular weight is 238 g/mol. The van der Waals surface area contributed by atoms with Crippen molar-refractivity contribution in [1.82, 2.24) is 10.2 Å². The van der Waals surface area contributed by atoms with Crippen molar-refractivity contribution in [2.75, 3.05) is 27.2 Å². The summed E-state index contributed by atoms with van der Waals surface area (Å²) in [6.07, 6.45) is 1.00. The Morgan fingerprint density at radius 2 is 2.06 bits per heavy atom. The molecule has 94 valence electrons. The van der Waals surface area contributed by atoms with E-state index >= 15 is 0 Å². The van der Waals surface area contributed by atoms with Gasteiger partial charge in [0.15, 0.2) is 0 Å². The van der Waals surface area contributed by atoms with Crippen molar-refractivity contribution < 1.29 is 9.18 Å². The molecule has 1 aromatic rings. The van der Waals surface area contributed by atoms with Crippen molar-refractivity contribution in [1.29, 1.82) is 0 Å². The second-order valence-electron chi connectivity index (χ2n) is 4.24. The molecule has 0 saturated heterocycles. The molecule has 0 aliphatic carbocycles. The van der Waals surface area contributed by atoms with Gasteiger partial charge in [-0.15, -0.1) is 0 Å². The van der Waals surface area contributed by atoms with Gasteiger partial charge in [0.1, 0.15) is 5.82 Å². The van der Waals surface area contributed by atoms with Gasteiger partial charge in [-0.05, 0) is 32.1 Å². The molecule has 0 aromatic heterocycles. The Labute approximate surface area is 102 Å². The number of amides is 1. The molecule has 4 heteroatoms. The maximum atomic E-state index is 13.2. The summed E-state index contributed by atoms with van der Waals surface area (Å²) < 4.78 is 13.2. The van der Waals surface area contributed by atoms with Gasteiger partial charge in [-0.1, -0.05) is 18.2 Å². The lowest BCUT2D eigenvalue weighted by atomic mass is 10.1. The second kappa shape index (κ2) is 7.01. The predicted octanol–water partition coefficient (Wildman–Crippen LogP) is 1.44. The van der Waals surface area contributed by atoms with E-state index in [0.717, 1.165) is 6.54 Å². The van der Waals surface area contributed by atoms with Crippen LogP contribution in [0.1, 0.15) is 12.0 Å². The minimum absolute atomic E-state index is 0.00930. The summed E-state index contributed by atoms with van der Waals surface area (Å²) >= 11 is 0. The van der Waals surface area contributed by atoms with Gasteiger partial charge in [-0.25, -0.2) is 4.39 Å². The van der Waals surface area contributed by atoms with Crippen LogP contribution >= 0.6 is 0 Å². The molecule has 3 nitrogen and oxygen atoms in total. The Morgan fingerprint density at radius 1 is 1.35 bits per heavy atom. The lowest BCUT2D eigenvalue weighted by Crippen LogP contribution is -2.29. The first-order valence-electron chi connectivity index (χ1n) is 5.74. The van der Waals surface area contributed by atoms with Gasteiger partial charge in [-0.3, -0.25) is 4.79 Å². The standard InChI is InChI=1S/C13H19FN2O/c1-16(2)10-8-13(17)15-9-7-11-5-3-4-6-12(11)14/h3-6H,7-10H2,1-2H3,(H,15,17). The van der Waals surface area contributed by atoms with Gasteiger partial charge in [-0.2, -0.15) is 0 Å². The molecule has 0 saturated carbocycles. The summed E-state index contributed by atoms with van der Waals surface area (Å²) in [7, 11) is 3.85. The zero-order chi connectivity index (χ0) is 12.7. The molecular weight excluding hydrogens is 219 g/mol. The Hall–Kier alpha value is -1.42. The van der Waals surface area contributed by atoms with Crippen LogP contribution in [0.15, 0.2) is 24.3 Å². The van der Waals surface area contributed by atoms with Crippen molar-refractivity contribution >= 4 is 5.91 Å². The zero-order valence-corrected chi connectivity index (χ0v) is 10.4. The molecule has 1 amide bonds. The van der Waals surface area contributed by atoms with Crippen LogP contribution in [0, 0.1) is 5.82 Å². The topological polar surface area (TPSA) is 32.3 Å². The molecule has 0 heterocycles. The summed E-state index contributed by atoms with van der Waals surface area (Å²) in [5.41, 5.74) is 0.639. The van der Waals surface area contributed by atoms with Crippen molar-refractivity contribution in [3.63, 3.8) is 0 Å². The predicted molar refractivity (Wildman–Crippen MR) is 66.3 cm³/mol. The fourth-order valence-electron chi connectivity index (χ4n) is 1.45. The van der Waals surface area contributed by atoms with E-state index < -0.39 is 0 Å². The van der Waals surface area contributed by atoms with E-state index in [-0.39, 0.29) is 11.7 Å². The molecular formula is C13H19FN2O. The van der Waals surface area contributed by atoms with Gasteiger partial charge in [0.05, 0.1) is 0 Å². The van der Waals surface area contributed by atoms with Crippen LogP contribution in [0.5, 0.6) is 0 Å². The number of nitrogens with zero attached hydrogens (tertiary/aromatic N) is 1. The van der Waals surface area contributed by atoms with Crippen molar-refractivity contribution in [2.24, 2.45) is 0 Å². The number of hydrogen-bond acceptors (Lipinski definition) is 2. The third kappa shape index (κ3) is 5.45. The van der Waals surface area contributed by atoms with Crippen LogP contribution in [-0.4, -0.2) is 38.0 Å². The van der Waals surface area contributed by atoms with Crippen LogP contribution < -0.4 is 5.32 Å². The third-order valence-electron chi connectivity index (χ3n) is 2.46. The van der Waals surface area contributed by atoms with E-state index in [9.17, 15) is 9.18 Å². The lowest BCUT2D eigenvalue weighted by Gasteiger charge is -2.09. The first-order chi connectivity index (χ1) is 8.09. The Bertz CT molecular complexity index is 366. The highest BCUT2D eigenvalue weighted by atomic mass is 19.1.